The highest BCUT2D eigenvalue weighted by molar-refractivity contribution is 6.31. The molecule has 0 fully saturated rings. The van der Waals surface area contributed by atoms with Crippen LogP contribution >= 0.6 is 23.2 Å². The summed E-state index contributed by atoms with van der Waals surface area (Å²) >= 11 is 12.5. The molecule has 0 radical (unpaired) electrons. The molecule has 1 aliphatic heterocycles. The molecule has 1 heterocycles. The highest BCUT2D eigenvalue weighted by Crippen LogP contribution is 2.41. The smallest absolute Gasteiger partial charge is 0.159 e. The normalized spacial score (nSPS) is 14.8. The first-order valence-corrected chi connectivity index (χ1v) is 6.92. The number of halogens is 4. The molecule has 20 heavy (non-hydrogen) atoms. The first kappa shape index (κ1) is 13.7. The summed E-state index contributed by atoms with van der Waals surface area (Å²) < 4.78 is 31.9. The third kappa shape index (κ3) is 2.36. The van der Waals surface area contributed by atoms with E-state index in [1.165, 1.54) is 6.07 Å². The lowest BCUT2D eigenvalue weighted by Crippen LogP contribution is -1.99. The number of fused-ring (bicyclic) bond motifs is 1. The maximum atomic E-state index is 13.3. The van der Waals surface area contributed by atoms with Gasteiger partial charge in [-0.15, -0.1) is 11.6 Å². The van der Waals surface area contributed by atoms with Crippen molar-refractivity contribution in [3.63, 3.8) is 0 Å². The molecule has 1 unspecified atom stereocenters. The van der Waals surface area contributed by atoms with E-state index in [4.69, 9.17) is 27.9 Å². The number of hydrogen-bond donors (Lipinski definition) is 0. The van der Waals surface area contributed by atoms with Gasteiger partial charge in [-0.2, -0.15) is 0 Å². The number of alkyl halides is 1. The van der Waals surface area contributed by atoms with E-state index < -0.39 is 17.0 Å². The molecule has 0 N–H and O–H groups in total. The zero-order valence-corrected chi connectivity index (χ0v) is 11.8. The molecular formula is C15H10Cl2F2O. The highest BCUT2D eigenvalue weighted by atomic mass is 35.5. The molecule has 0 saturated carbocycles. The first-order chi connectivity index (χ1) is 9.56. The van der Waals surface area contributed by atoms with E-state index in [0.29, 0.717) is 28.5 Å². The fourth-order valence-electron chi connectivity index (χ4n) is 2.34. The highest BCUT2D eigenvalue weighted by Gasteiger charge is 2.23. The van der Waals surface area contributed by atoms with Crippen molar-refractivity contribution in [1.82, 2.24) is 0 Å². The molecule has 3 rings (SSSR count). The largest absolute Gasteiger partial charge is 0.493 e. The lowest BCUT2D eigenvalue weighted by molar-refractivity contribution is 0.353. The molecule has 0 saturated heterocycles. The van der Waals surface area contributed by atoms with E-state index in [1.54, 1.807) is 6.07 Å². The summed E-state index contributed by atoms with van der Waals surface area (Å²) in [4.78, 5) is 0. The van der Waals surface area contributed by atoms with Crippen LogP contribution in [0, 0.1) is 11.6 Å². The summed E-state index contributed by atoms with van der Waals surface area (Å²) in [6, 6.07) is 7.14. The molecule has 0 aromatic heterocycles. The Morgan fingerprint density at radius 2 is 1.90 bits per heavy atom. The van der Waals surface area contributed by atoms with E-state index in [9.17, 15) is 8.78 Å². The van der Waals surface area contributed by atoms with Crippen molar-refractivity contribution in [2.45, 2.75) is 11.8 Å². The van der Waals surface area contributed by atoms with Crippen LogP contribution in [-0.2, 0) is 6.42 Å². The summed E-state index contributed by atoms with van der Waals surface area (Å²) in [5, 5.41) is -0.0897. The summed E-state index contributed by atoms with van der Waals surface area (Å²) in [5.41, 5.74) is 2.13. The lowest BCUT2D eigenvalue weighted by atomic mass is 10.0. The van der Waals surface area contributed by atoms with Crippen molar-refractivity contribution in [3.8, 4) is 5.75 Å². The van der Waals surface area contributed by atoms with Crippen LogP contribution in [0.4, 0.5) is 8.78 Å². The van der Waals surface area contributed by atoms with E-state index in [-0.39, 0.29) is 0 Å². The fourth-order valence-corrected chi connectivity index (χ4v) is 2.88. The predicted octanol–water partition coefficient (Wildman–Crippen LogP) is 4.88. The van der Waals surface area contributed by atoms with Crippen molar-refractivity contribution in [2.24, 2.45) is 0 Å². The van der Waals surface area contributed by atoms with Crippen LogP contribution in [0.3, 0.4) is 0 Å². The minimum Gasteiger partial charge on any atom is -0.493 e. The van der Waals surface area contributed by atoms with Crippen LogP contribution < -0.4 is 4.74 Å². The minimum atomic E-state index is -0.923. The minimum absolute atomic E-state index is 0.463. The van der Waals surface area contributed by atoms with Crippen molar-refractivity contribution in [2.75, 3.05) is 6.61 Å². The third-order valence-electron chi connectivity index (χ3n) is 3.29. The average Bonchev–Trinajstić information content (AvgIpc) is 2.88. The topological polar surface area (TPSA) is 9.23 Å². The van der Waals surface area contributed by atoms with Crippen LogP contribution in [0.2, 0.25) is 5.02 Å². The molecule has 0 amide bonds. The number of ether oxygens (including phenoxy) is 1. The average molecular weight is 315 g/mol. The lowest BCUT2D eigenvalue weighted by Gasteiger charge is -2.15. The van der Waals surface area contributed by atoms with Crippen molar-refractivity contribution >= 4 is 23.2 Å². The van der Waals surface area contributed by atoms with Gasteiger partial charge in [-0.1, -0.05) is 17.7 Å². The van der Waals surface area contributed by atoms with Crippen molar-refractivity contribution in [1.29, 1.82) is 0 Å². The summed E-state index contributed by atoms with van der Waals surface area (Å²) in [7, 11) is 0. The van der Waals surface area contributed by atoms with Gasteiger partial charge >= 0.3 is 0 Å². The zero-order chi connectivity index (χ0) is 14.3. The van der Waals surface area contributed by atoms with Gasteiger partial charge < -0.3 is 4.74 Å². The Kier molecular flexibility index (Phi) is 3.57. The van der Waals surface area contributed by atoms with Gasteiger partial charge in [0.05, 0.1) is 12.0 Å². The van der Waals surface area contributed by atoms with Gasteiger partial charge in [0.15, 0.2) is 11.6 Å². The van der Waals surface area contributed by atoms with Crippen LogP contribution in [0.5, 0.6) is 5.75 Å². The number of rotatable bonds is 2. The van der Waals surface area contributed by atoms with Crippen LogP contribution in [-0.4, -0.2) is 6.61 Å². The zero-order valence-electron chi connectivity index (χ0n) is 10.3. The van der Waals surface area contributed by atoms with E-state index in [1.807, 2.05) is 6.07 Å². The first-order valence-electron chi connectivity index (χ1n) is 6.10. The van der Waals surface area contributed by atoms with Crippen molar-refractivity contribution < 1.29 is 13.5 Å². The Morgan fingerprint density at radius 1 is 1.10 bits per heavy atom. The summed E-state index contributed by atoms with van der Waals surface area (Å²) in [6.07, 6.45) is 0.768. The van der Waals surface area contributed by atoms with Gasteiger partial charge in [-0.3, -0.25) is 0 Å². The van der Waals surface area contributed by atoms with E-state index in [2.05, 4.69) is 0 Å². The molecule has 1 atom stereocenters. The van der Waals surface area contributed by atoms with Gasteiger partial charge in [-0.05, 0) is 35.4 Å². The summed E-state index contributed by atoms with van der Waals surface area (Å²) in [6.45, 7) is 0.573. The summed E-state index contributed by atoms with van der Waals surface area (Å²) in [5.74, 6) is -1.13. The van der Waals surface area contributed by atoms with Gasteiger partial charge in [0.25, 0.3) is 0 Å². The third-order valence-corrected chi connectivity index (χ3v) is 3.99. The van der Waals surface area contributed by atoms with Gasteiger partial charge in [0.2, 0.25) is 0 Å². The Morgan fingerprint density at radius 3 is 2.65 bits per heavy atom. The quantitative estimate of drug-likeness (QED) is 0.718. The predicted molar refractivity (Wildman–Crippen MR) is 74.7 cm³/mol. The SMILES string of the molecule is Fc1ccc(C(Cl)c2cc(Cl)cc3c2OCC3)cc1F. The Hall–Kier alpha value is -1.32. The standard InChI is InChI=1S/C15H10Cl2F2O/c16-10-5-9-3-4-20-15(9)11(7-10)14(17)8-1-2-12(18)13(19)6-8/h1-2,5-7,14H,3-4H2. The molecule has 2 aromatic carbocycles. The number of benzene rings is 2. The maximum absolute atomic E-state index is 13.3. The second kappa shape index (κ2) is 5.23. The van der Waals surface area contributed by atoms with Crippen LogP contribution in [0.15, 0.2) is 30.3 Å². The van der Waals surface area contributed by atoms with E-state index in [0.717, 1.165) is 24.1 Å². The van der Waals surface area contributed by atoms with Gasteiger partial charge in [-0.25, -0.2) is 8.78 Å². The molecule has 0 bridgehead atoms. The van der Waals surface area contributed by atoms with Crippen molar-refractivity contribution in [3.05, 3.63) is 63.7 Å². The molecule has 2 aromatic rings. The molecule has 0 spiro atoms. The second-order valence-corrected chi connectivity index (χ2v) is 5.49. The molecule has 0 aliphatic carbocycles. The monoisotopic (exact) mass is 314 g/mol. The van der Waals surface area contributed by atoms with E-state index >= 15 is 0 Å². The van der Waals surface area contributed by atoms with Gasteiger partial charge in [0.1, 0.15) is 5.75 Å². The number of hydrogen-bond acceptors (Lipinski definition) is 1. The fraction of sp³-hybridized carbons (Fsp3) is 0.200. The Bertz CT molecular complexity index is 673. The van der Waals surface area contributed by atoms with Crippen LogP contribution in [0.25, 0.3) is 0 Å². The molecule has 1 aliphatic rings. The van der Waals surface area contributed by atoms with Gasteiger partial charge in [0, 0.05) is 17.0 Å². The van der Waals surface area contributed by atoms with Crippen LogP contribution in [0.1, 0.15) is 22.1 Å². The second-order valence-electron chi connectivity index (χ2n) is 4.62. The Labute approximate surface area is 125 Å². The molecule has 1 nitrogen and oxygen atoms in total. The molecule has 104 valence electrons. The Balaban J connectivity index is 2.06. The molecule has 5 heteroatoms. The maximum Gasteiger partial charge on any atom is 0.159 e. The molecular weight excluding hydrogens is 305 g/mol.